The van der Waals surface area contributed by atoms with Crippen LogP contribution in [0.25, 0.3) is 11.1 Å². The lowest BCUT2D eigenvalue weighted by atomic mass is 10.0. The average molecular weight is 564 g/mol. The first-order valence-corrected chi connectivity index (χ1v) is 15.9. The number of hydrogen-bond donors (Lipinski definition) is 0. The van der Waals surface area contributed by atoms with Crippen LogP contribution < -0.4 is 9.47 Å². The highest BCUT2D eigenvalue weighted by molar-refractivity contribution is 7.86. The van der Waals surface area contributed by atoms with E-state index < -0.39 is 10.1 Å². The molecule has 0 unspecified atom stereocenters. The molecule has 0 amide bonds. The van der Waals surface area contributed by atoms with Crippen LogP contribution in [0.4, 0.5) is 0 Å². The van der Waals surface area contributed by atoms with Crippen LogP contribution in [0.3, 0.4) is 0 Å². The van der Waals surface area contributed by atoms with Crippen molar-refractivity contribution in [3.63, 3.8) is 0 Å². The third-order valence-electron chi connectivity index (χ3n) is 7.51. The number of rotatable bonds is 16. The predicted molar refractivity (Wildman–Crippen MR) is 161 cm³/mol. The fraction of sp³-hybridized carbons (Fsp3) is 0.424. The number of nitrogens with zero attached hydrogens (tertiary/aromatic N) is 1. The maximum Gasteiger partial charge on any atom is 0.358 e. The Bertz CT molecular complexity index is 1400. The highest BCUT2D eigenvalue weighted by atomic mass is 32.2. The molecule has 0 saturated heterocycles. The molecule has 0 heterocycles. The molecule has 4 rings (SSSR count). The number of ether oxygens (including phenoxy) is 2. The van der Waals surface area contributed by atoms with Crippen molar-refractivity contribution in [2.75, 3.05) is 14.2 Å². The third-order valence-corrected chi connectivity index (χ3v) is 8.63. The van der Waals surface area contributed by atoms with Gasteiger partial charge in [0.25, 0.3) is 0 Å². The highest BCUT2D eigenvalue weighted by Crippen LogP contribution is 2.43. The SMILES string of the molecule is CCCCCCCCCCCCc1ccc(S(=O)(=O)ON=C2c3ccc(OC)cc3-c3cccc(OC)c32)cc1. The quantitative estimate of drug-likeness (QED) is 0.101. The summed E-state index contributed by atoms with van der Waals surface area (Å²) in [6.07, 6.45) is 13.9. The molecule has 0 atom stereocenters. The molecule has 0 bridgehead atoms. The van der Waals surface area contributed by atoms with Gasteiger partial charge in [-0.1, -0.05) is 94.1 Å². The first-order chi connectivity index (χ1) is 19.5. The van der Waals surface area contributed by atoms with Crippen molar-refractivity contribution in [3.05, 3.63) is 77.4 Å². The molecule has 3 aromatic carbocycles. The largest absolute Gasteiger partial charge is 0.497 e. The molecule has 6 nitrogen and oxygen atoms in total. The Morgan fingerprint density at radius 1 is 0.700 bits per heavy atom. The number of oxime groups is 1. The van der Waals surface area contributed by atoms with Crippen molar-refractivity contribution >= 4 is 15.8 Å². The highest BCUT2D eigenvalue weighted by Gasteiger charge is 2.30. The van der Waals surface area contributed by atoms with E-state index in [0.717, 1.165) is 35.1 Å². The van der Waals surface area contributed by atoms with E-state index >= 15 is 0 Å². The number of hydrogen-bond acceptors (Lipinski definition) is 6. The van der Waals surface area contributed by atoms with Gasteiger partial charge in [-0.15, -0.1) is 0 Å². The van der Waals surface area contributed by atoms with E-state index in [1.807, 2.05) is 48.5 Å². The molecule has 0 saturated carbocycles. The van der Waals surface area contributed by atoms with Crippen LogP contribution >= 0.6 is 0 Å². The van der Waals surface area contributed by atoms with Crippen LogP contribution in [0, 0.1) is 0 Å². The lowest BCUT2D eigenvalue weighted by Gasteiger charge is -2.08. The number of fused-ring (bicyclic) bond motifs is 3. The Morgan fingerprint density at radius 2 is 1.38 bits per heavy atom. The summed E-state index contributed by atoms with van der Waals surface area (Å²) in [6, 6.07) is 18.2. The molecule has 40 heavy (non-hydrogen) atoms. The second-order valence-electron chi connectivity index (χ2n) is 10.3. The average Bonchev–Trinajstić information content (AvgIpc) is 3.30. The van der Waals surface area contributed by atoms with E-state index in [2.05, 4.69) is 12.1 Å². The second-order valence-corrected chi connectivity index (χ2v) is 11.9. The van der Waals surface area contributed by atoms with Crippen LogP contribution in [0.5, 0.6) is 11.5 Å². The molecule has 7 heteroatoms. The molecule has 3 aromatic rings. The molecular weight excluding hydrogens is 522 g/mol. The molecule has 1 aliphatic carbocycles. The van der Waals surface area contributed by atoms with Crippen molar-refractivity contribution in [3.8, 4) is 22.6 Å². The van der Waals surface area contributed by atoms with E-state index in [-0.39, 0.29) is 4.90 Å². The third kappa shape index (κ3) is 7.25. The summed E-state index contributed by atoms with van der Waals surface area (Å²) in [5.41, 5.74) is 4.74. The lowest BCUT2D eigenvalue weighted by Crippen LogP contribution is -2.07. The van der Waals surface area contributed by atoms with Gasteiger partial charge in [-0.25, -0.2) is 0 Å². The maximum atomic E-state index is 13.0. The van der Waals surface area contributed by atoms with Crippen molar-refractivity contribution < 1.29 is 22.2 Å². The minimum Gasteiger partial charge on any atom is -0.497 e. The normalized spacial score (nSPS) is 13.2. The summed E-state index contributed by atoms with van der Waals surface area (Å²) >= 11 is 0. The second kappa shape index (κ2) is 14.4. The molecule has 0 aliphatic heterocycles. The first kappa shape index (κ1) is 29.7. The Labute approximate surface area is 239 Å². The zero-order valence-electron chi connectivity index (χ0n) is 23.9. The lowest BCUT2D eigenvalue weighted by molar-refractivity contribution is 0.339. The van der Waals surface area contributed by atoms with Gasteiger partial charge in [-0.3, -0.25) is 4.28 Å². The van der Waals surface area contributed by atoms with E-state index in [1.165, 1.54) is 57.8 Å². The smallest absolute Gasteiger partial charge is 0.358 e. The van der Waals surface area contributed by atoms with Crippen molar-refractivity contribution in [2.24, 2.45) is 5.16 Å². The van der Waals surface area contributed by atoms with Gasteiger partial charge >= 0.3 is 10.1 Å². The van der Waals surface area contributed by atoms with E-state index in [4.69, 9.17) is 13.8 Å². The summed E-state index contributed by atoms with van der Waals surface area (Å²) < 4.78 is 42.3. The van der Waals surface area contributed by atoms with E-state index in [1.54, 1.807) is 26.4 Å². The molecule has 1 aliphatic rings. The molecule has 214 valence electrons. The minimum absolute atomic E-state index is 0.0804. The van der Waals surface area contributed by atoms with Crippen molar-refractivity contribution in [1.29, 1.82) is 0 Å². The fourth-order valence-corrected chi connectivity index (χ4v) is 5.98. The van der Waals surface area contributed by atoms with Gasteiger partial charge in [0.05, 0.1) is 19.8 Å². The van der Waals surface area contributed by atoms with Gasteiger partial charge in [-0.2, -0.15) is 8.42 Å². The van der Waals surface area contributed by atoms with Crippen molar-refractivity contribution in [1.82, 2.24) is 0 Å². The van der Waals surface area contributed by atoms with Crippen LogP contribution in [-0.4, -0.2) is 28.3 Å². The maximum absolute atomic E-state index is 13.0. The number of unbranched alkanes of at least 4 members (excludes halogenated alkanes) is 9. The van der Waals surface area contributed by atoms with Crippen LogP contribution in [0.2, 0.25) is 0 Å². The zero-order chi connectivity index (χ0) is 28.4. The molecule has 0 aromatic heterocycles. The fourth-order valence-electron chi connectivity index (χ4n) is 5.25. The van der Waals surface area contributed by atoms with Crippen molar-refractivity contribution in [2.45, 2.75) is 82.4 Å². The number of methoxy groups -OCH3 is 2. The Morgan fingerprint density at radius 3 is 2.02 bits per heavy atom. The molecule has 0 N–H and O–H groups in total. The van der Waals surface area contributed by atoms with Gasteiger partial charge in [0.2, 0.25) is 0 Å². The van der Waals surface area contributed by atoms with Crippen LogP contribution in [0.15, 0.2) is 70.7 Å². The van der Waals surface area contributed by atoms with E-state index in [0.29, 0.717) is 22.8 Å². The summed E-state index contributed by atoms with van der Waals surface area (Å²) in [6.45, 7) is 2.25. The van der Waals surface area contributed by atoms with Gasteiger partial charge in [-0.05, 0) is 65.9 Å². The number of benzene rings is 3. The summed E-state index contributed by atoms with van der Waals surface area (Å²) in [7, 11) is -0.917. The van der Waals surface area contributed by atoms with E-state index in [9.17, 15) is 8.42 Å². The molecule has 0 radical (unpaired) electrons. The summed E-state index contributed by atoms with van der Waals surface area (Å²) in [5.74, 6) is 1.28. The Hall–Kier alpha value is -3.32. The first-order valence-electron chi connectivity index (χ1n) is 14.4. The standard InChI is InChI=1S/C33H41NO5S/c1-4-5-6-7-8-9-10-11-12-13-15-25-18-21-27(22-19-25)40(35,36)39-34-33-29-23-20-26(37-2)24-30(29)28-16-14-17-31(38-3)32(28)33/h14,16-24H,4-13,15H2,1-3H3. The number of aryl methyl sites for hydroxylation is 1. The monoisotopic (exact) mass is 563 g/mol. The minimum atomic E-state index is -4.10. The Kier molecular flexibility index (Phi) is 10.6. The molecular formula is C33H41NO5S. The van der Waals surface area contributed by atoms with Crippen LogP contribution in [0.1, 0.15) is 87.8 Å². The van der Waals surface area contributed by atoms with Gasteiger partial charge in [0.1, 0.15) is 22.1 Å². The summed E-state index contributed by atoms with van der Waals surface area (Å²) in [4.78, 5) is 0.0804. The van der Waals surface area contributed by atoms with Crippen LogP contribution in [-0.2, 0) is 20.8 Å². The zero-order valence-corrected chi connectivity index (χ0v) is 24.8. The predicted octanol–water partition coefficient (Wildman–Crippen LogP) is 8.31. The molecule has 0 spiro atoms. The topological polar surface area (TPSA) is 74.2 Å². The van der Waals surface area contributed by atoms with Gasteiger partial charge < -0.3 is 9.47 Å². The molecule has 0 fully saturated rings. The van der Waals surface area contributed by atoms with Gasteiger partial charge in [0, 0.05) is 5.56 Å². The Balaban J connectivity index is 1.37. The summed E-state index contributed by atoms with van der Waals surface area (Å²) in [5, 5.41) is 4.15. The van der Waals surface area contributed by atoms with Gasteiger partial charge in [0.15, 0.2) is 0 Å².